The predicted molar refractivity (Wildman–Crippen MR) is 84.6 cm³/mol. The van der Waals surface area contributed by atoms with Crippen LogP contribution in [0, 0.1) is 0 Å². The van der Waals surface area contributed by atoms with Crippen molar-refractivity contribution in [3.8, 4) is 0 Å². The second-order valence-electron chi connectivity index (χ2n) is 7.56. The van der Waals surface area contributed by atoms with E-state index < -0.39 is 0 Å². The van der Waals surface area contributed by atoms with Crippen LogP contribution in [-0.2, 0) is 13.1 Å². The maximum absolute atomic E-state index is 4.80. The van der Waals surface area contributed by atoms with Crippen molar-refractivity contribution in [2.24, 2.45) is 0 Å². The van der Waals surface area contributed by atoms with Gasteiger partial charge in [0.2, 0.25) is 0 Å². The molecule has 1 aliphatic heterocycles. The highest BCUT2D eigenvalue weighted by Crippen LogP contribution is 2.29. The molecule has 0 aromatic carbocycles. The van der Waals surface area contributed by atoms with E-state index >= 15 is 0 Å². The van der Waals surface area contributed by atoms with Crippen LogP contribution in [0.5, 0.6) is 0 Å². The van der Waals surface area contributed by atoms with E-state index in [-0.39, 0.29) is 5.54 Å². The highest BCUT2D eigenvalue weighted by atomic mass is 15.2. The standard InChI is InChI=1S/C17H29N3/c1-16(2,3)18-12-14-8-6-9-15(19-14)13-20-11-7-10-17(20,4)5/h6,8-9,18H,7,10-13H2,1-5H3. The van der Waals surface area contributed by atoms with E-state index in [2.05, 4.69) is 63.0 Å². The number of nitrogens with one attached hydrogen (secondary N) is 1. The van der Waals surface area contributed by atoms with Gasteiger partial charge in [-0.2, -0.15) is 0 Å². The van der Waals surface area contributed by atoms with Crippen LogP contribution in [0.4, 0.5) is 0 Å². The molecule has 1 saturated heterocycles. The van der Waals surface area contributed by atoms with Crippen molar-refractivity contribution in [1.82, 2.24) is 15.2 Å². The second-order valence-corrected chi connectivity index (χ2v) is 7.56. The van der Waals surface area contributed by atoms with Crippen LogP contribution in [0.3, 0.4) is 0 Å². The molecule has 0 aliphatic carbocycles. The molecule has 1 aromatic rings. The van der Waals surface area contributed by atoms with Crippen molar-refractivity contribution in [3.05, 3.63) is 29.6 Å². The average Bonchev–Trinajstić information content (AvgIpc) is 2.66. The molecule has 2 heterocycles. The Balaban J connectivity index is 1.99. The van der Waals surface area contributed by atoms with Gasteiger partial charge in [-0.3, -0.25) is 9.88 Å². The molecular weight excluding hydrogens is 246 g/mol. The summed E-state index contributed by atoms with van der Waals surface area (Å²) in [5, 5.41) is 3.50. The Labute approximate surface area is 123 Å². The molecule has 2 rings (SSSR count). The number of likely N-dealkylation sites (tertiary alicyclic amines) is 1. The van der Waals surface area contributed by atoms with Crippen LogP contribution in [0.25, 0.3) is 0 Å². The van der Waals surface area contributed by atoms with Gasteiger partial charge in [-0.15, -0.1) is 0 Å². The van der Waals surface area contributed by atoms with Crippen molar-refractivity contribution >= 4 is 0 Å². The summed E-state index contributed by atoms with van der Waals surface area (Å²) in [4.78, 5) is 7.35. The number of rotatable bonds is 4. The second kappa shape index (κ2) is 5.82. The first-order valence-corrected chi connectivity index (χ1v) is 7.71. The smallest absolute Gasteiger partial charge is 0.0548 e. The summed E-state index contributed by atoms with van der Waals surface area (Å²) in [5.74, 6) is 0. The zero-order chi connectivity index (χ0) is 14.8. The fourth-order valence-corrected chi connectivity index (χ4v) is 2.72. The predicted octanol–water partition coefficient (Wildman–Crippen LogP) is 3.34. The van der Waals surface area contributed by atoms with E-state index in [1.54, 1.807) is 0 Å². The Morgan fingerprint density at radius 3 is 2.55 bits per heavy atom. The van der Waals surface area contributed by atoms with Crippen molar-refractivity contribution in [2.75, 3.05) is 6.54 Å². The molecular formula is C17H29N3. The van der Waals surface area contributed by atoms with E-state index in [1.165, 1.54) is 25.1 Å². The van der Waals surface area contributed by atoms with Crippen molar-refractivity contribution in [1.29, 1.82) is 0 Å². The Morgan fingerprint density at radius 2 is 1.95 bits per heavy atom. The fourth-order valence-electron chi connectivity index (χ4n) is 2.72. The minimum atomic E-state index is 0.134. The Kier molecular flexibility index (Phi) is 4.50. The monoisotopic (exact) mass is 275 g/mol. The maximum atomic E-state index is 4.80. The summed E-state index contributed by atoms with van der Waals surface area (Å²) in [7, 11) is 0. The van der Waals surface area contributed by atoms with Crippen LogP contribution in [0.1, 0.15) is 58.8 Å². The first-order chi connectivity index (χ1) is 9.26. The van der Waals surface area contributed by atoms with Gasteiger partial charge in [-0.25, -0.2) is 0 Å². The van der Waals surface area contributed by atoms with Crippen molar-refractivity contribution < 1.29 is 0 Å². The molecule has 1 fully saturated rings. The zero-order valence-electron chi connectivity index (χ0n) is 13.7. The topological polar surface area (TPSA) is 28.2 Å². The van der Waals surface area contributed by atoms with Gasteiger partial charge < -0.3 is 5.32 Å². The lowest BCUT2D eigenvalue weighted by atomic mass is 10.0. The van der Waals surface area contributed by atoms with E-state index in [1.807, 2.05) is 0 Å². The van der Waals surface area contributed by atoms with Crippen LogP contribution >= 0.6 is 0 Å². The molecule has 0 atom stereocenters. The van der Waals surface area contributed by atoms with Gasteiger partial charge >= 0.3 is 0 Å². The fraction of sp³-hybridized carbons (Fsp3) is 0.706. The first-order valence-electron chi connectivity index (χ1n) is 7.71. The van der Waals surface area contributed by atoms with Crippen LogP contribution in [0.15, 0.2) is 18.2 Å². The largest absolute Gasteiger partial charge is 0.306 e. The minimum absolute atomic E-state index is 0.134. The van der Waals surface area contributed by atoms with E-state index in [0.29, 0.717) is 5.54 Å². The van der Waals surface area contributed by atoms with Crippen LogP contribution in [0.2, 0.25) is 0 Å². The highest BCUT2D eigenvalue weighted by molar-refractivity contribution is 5.12. The van der Waals surface area contributed by atoms with Gasteiger partial charge in [0.15, 0.2) is 0 Å². The number of hydrogen-bond donors (Lipinski definition) is 1. The lowest BCUT2D eigenvalue weighted by Gasteiger charge is -2.31. The molecule has 0 saturated carbocycles. The molecule has 0 spiro atoms. The quantitative estimate of drug-likeness (QED) is 0.913. The van der Waals surface area contributed by atoms with E-state index in [9.17, 15) is 0 Å². The molecule has 1 N–H and O–H groups in total. The minimum Gasteiger partial charge on any atom is -0.306 e. The summed E-state index contributed by atoms with van der Waals surface area (Å²) >= 11 is 0. The van der Waals surface area contributed by atoms with Gasteiger partial charge in [0.05, 0.1) is 11.4 Å². The summed E-state index contributed by atoms with van der Waals surface area (Å²) in [6.45, 7) is 14.2. The van der Waals surface area contributed by atoms with Gasteiger partial charge in [0, 0.05) is 24.2 Å². The molecule has 0 radical (unpaired) electrons. The van der Waals surface area contributed by atoms with Gasteiger partial charge in [0.25, 0.3) is 0 Å². The normalized spacial score (nSPS) is 19.4. The van der Waals surface area contributed by atoms with Gasteiger partial charge in [0.1, 0.15) is 0 Å². The molecule has 1 aliphatic rings. The molecule has 0 bridgehead atoms. The molecule has 0 unspecified atom stereocenters. The molecule has 3 nitrogen and oxygen atoms in total. The van der Waals surface area contributed by atoms with Gasteiger partial charge in [-0.05, 0) is 66.1 Å². The third-order valence-electron chi connectivity index (χ3n) is 4.09. The first kappa shape index (κ1) is 15.5. The third kappa shape index (κ3) is 4.29. The van der Waals surface area contributed by atoms with Gasteiger partial charge in [-0.1, -0.05) is 6.07 Å². The molecule has 1 aromatic heterocycles. The van der Waals surface area contributed by atoms with Crippen molar-refractivity contribution in [2.45, 2.75) is 71.6 Å². The Bertz CT molecular complexity index is 446. The number of nitrogens with zero attached hydrogens (tertiary/aromatic N) is 2. The third-order valence-corrected chi connectivity index (χ3v) is 4.09. The summed E-state index contributed by atoms with van der Waals surface area (Å²) in [6.07, 6.45) is 2.59. The number of hydrogen-bond acceptors (Lipinski definition) is 3. The van der Waals surface area contributed by atoms with Crippen molar-refractivity contribution in [3.63, 3.8) is 0 Å². The van der Waals surface area contributed by atoms with Crippen LogP contribution < -0.4 is 5.32 Å². The van der Waals surface area contributed by atoms with E-state index in [0.717, 1.165) is 18.8 Å². The number of pyridine rings is 1. The van der Waals surface area contributed by atoms with E-state index in [4.69, 9.17) is 4.98 Å². The van der Waals surface area contributed by atoms with Crippen LogP contribution in [-0.4, -0.2) is 27.5 Å². The maximum Gasteiger partial charge on any atom is 0.0548 e. The zero-order valence-corrected chi connectivity index (χ0v) is 13.7. The summed E-state index contributed by atoms with van der Waals surface area (Å²) in [5.41, 5.74) is 2.78. The SMILES string of the molecule is CC(C)(C)NCc1cccc(CN2CCCC2(C)C)n1. The lowest BCUT2D eigenvalue weighted by molar-refractivity contribution is 0.164. The average molecular weight is 275 g/mol. The Hall–Kier alpha value is -0.930. The number of aromatic nitrogens is 1. The highest BCUT2D eigenvalue weighted by Gasteiger charge is 2.31. The molecule has 0 amide bonds. The molecule has 3 heteroatoms. The lowest BCUT2D eigenvalue weighted by Crippen LogP contribution is -2.38. The molecule has 112 valence electrons. The Morgan fingerprint density at radius 1 is 1.25 bits per heavy atom. The molecule has 20 heavy (non-hydrogen) atoms. The summed E-state index contributed by atoms with van der Waals surface area (Å²) in [6, 6.07) is 6.39. The summed E-state index contributed by atoms with van der Waals surface area (Å²) < 4.78 is 0.